The molecule has 0 aromatic heterocycles. The van der Waals surface area contributed by atoms with Gasteiger partial charge in [0.15, 0.2) is 0 Å². The van der Waals surface area contributed by atoms with Crippen molar-refractivity contribution in [1.29, 1.82) is 5.26 Å². The highest BCUT2D eigenvalue weighted by molar-refractivity contribution is 7.89. The monoisotopic (exact) mass is 353 g/mol. The minimum atomic E-state index is -3.75. The molecule has 21 heavy (non-hydrogen) atoms. The van der Waals surface area contributed by atoms with Gasteiger partial charge < -0.3 is 10.1 Å². The first-order valence-electron chi connectivity index (χ1n) is 5.91. The van der Waals surface area contributed by atoms with Crippen LogP contribution in [0, 0.1) is 11.3 Å². The summed E-state index contributed by atoms with van der Waals surface area (Å²) >= 11 is 5.81. The molecule has 0 aliphatic heterocycles. The van der Waals surface area contributed by atoms with Gasteiger partial charge in [-0.2, -0.15) is 5.26 Å². The van der Waals surface area contributed by atoms with Gasteiger partial charge in [-0.3, -0.25) is 0 Å². The molecule has 0 atom stereocenters. The first-order valence-corrected chi connectivity index (χ1v) is 7.77. The van der Waals surface area contributed by atoms with Gasteiger partial charge >= 0.3 is 0 Å². The minimum absolute atomic E-state index is 0. The Hall–Kier alpha value is -0.880. The Morgan fingerprint density at radius 2 is 2.05 bits per heavy atom. The minimum Gasteiger partial charge on any atom is -0.383 e. The SMILES string of the molecule is COCCNCCNS(=O)(=O)c1cccc(Cl)c1C#N.Cl. The van der Waals surface area contributed by atoms with E-state index in [1.807, 2.05) is 0 Å². The molecule has 0 amide bonds. The van der Waals surface area contributed by atoms with E-state index < -0.39 is 10.0 Å². The first kappa shape index (κ1) is 20.1. The predicted molar refractivity (Wildman–Crippen MR) is 83.3 cm³/mol. The van der Waals surface area contributed by atoms with Gasteiger partial charge in [0.2, 0.25) is 10.0 Å². The Kier molecular flexibility index (Phi) is 9.53. The van der Waals surface area contributed by atoms with Gasteiger partial charge in [0, 0.05) is 26.7 Å². The fourth-order valence-electron chi connectivity index (χ4n) is 1.49. The van der Waals surface area contributed by atoms with Crippen LogP contribution in [0.15, 0.2) is 23.1 Å². The molecule has 118 valence electrons. The van der Waals surface area contributed by atoms with Gasteiger partial charge in [0.25, 0.3) is 0 Å². The molecule has 0 unspecified atom stereocenters. The van der Waals surface area contributed by atoms with Gasteiger partial charge in [-0.05, 0) is 12.1 Å². The fraction of sp³-hybridized carbons (Fsp3) is 0.417. The van der Waals surface area contributed by atoms with E-state index in [-0.39, 0.29) is 34.4 Å². The quantitative estimate of drug-likeness (QED) is 0.684. The molecule has 1 rings (SSSR count). The zero-order valence-corrected chi connectivity index (χ0v) is 13.8. The Bertz CT molecular complexity index is 588. The zero-order valence-electron chi connectivity index (χ0n) is 11.4. The van der Waals surface area contributed by atoms with E-state index in [1.54, 1.807) is 13.2 Å². The highest BCUT2D eigenvalue weighted by Gasteiger charge is 2.19. The van der Waals surface area contributed by atoms with Crippen LogP contribution in [0.4, 0.5) is 0 Å². The maximum absolute atomic E-state index is 12.1. The summed E-state index contributed by atoms with van der Waals surface area (Å²) in [6, 6.07) is 6.13. The van der Waals surface area contributed by atoms with Crippen molar-refractivity contribution in [3.63, 3.8) is 0 Å². The van der Waals surface area contributed by atoms with Crippen molar-refractivity contribution < 1.29 is 13.2 Å². The zero-order chi connectivity index (χ0) is 15.0. The average molecular weight is 354 g/mol. The molecule has 0 radical (unpaired) electrons. The molecule has 1 aromatic rings. The van der Waals surface area contributed by atoms with E-state index in [9.17, 15) is 8.42 Å². The van der Waals surface area contributed by atoms with Crippen LogP contribution in [-0.2, 0) is 14.8 Å². The summed E-state index contributed by atoms with van der Waals surface area (Å²) < 4.78 is 31.4. The van der Waals surface area contributed by atoms with Crippen molar-refractivity contribution >= 4 is 34.0 Å². The molecule has 9 heteroatoms. The molecule has 0 heterocycles. The lowest BCUT2D eigenvalue weighted by Crippen LogP contribution is -2.33. The highest BCUT2D eigenvalue weighted by Crippen LogP contribution is 2.22. The van der Waals surface area contributed by atoms with Gasteiger partial charge in [-0.15, -0.1) is 12.4 Å². The standard InChI is InChI=1S/C12H16ClN3O3S.ClH/c1-19-8-7-15-5-6-16-20(17,18)12-4-2-3-11(13)10(12)9-14;/h2-4,15-16H,5-8H2,1H3;1H. The topological polar surface area (TPSA) is 91.2 Å². The smallest absolute Gasteiger partial charge is 0.241 e. The number of hydrogen-bond donors (Lipinski definition) is 2. The Labute approximate surface area is 135 Å². The summed E-state index contributed by atoms with van der Waals surface area (Å²) in [6.07, 6.45) is 0. The summed E-state index contributed by atoms with van der Waals surface area (Å²) in [5.74, 6) is 0. The molecule has 0 saturated carbocycles. The van der Waals surface area contributed by atoms with E-state index in [2.05, 4.69) is 10.0 Å². The number of ether oxygens (including phenoxy) is 1. The molecule has 2 N–H and O–H groups in total. The van der Waals surface area contributed by atoms with Crippen molar-refractivity contribution in [1.82, 2.24) is 10.0 Å². The average Bonchev–Trinajstić information content (AvgIpc) is 2.42. The summed E-state index contributed by atoms with van der Waals surface area (Å²) in [5.41, 5.74) is -0.0472. The van der Waals surface area contributed by atoms with Crippen molar-refractivity contribution in [2.75, 3.05) is 33.4 Å². The Balaban J connectivity index is 0.00000400. The van der Waals surface area contributed by atoms with Gasteiger partial charge in [-0.1, -0.05) is 17.7 Å². The maximum atomic E-state index is 12.1. The van der Waals surface area contributed by atoms with Gasteiger partial charge in [0.1, 0.15) is 11.0 Å². The lowest BCUT2D eigenvalue weighted by atomic mass is 10.2. The number of hydrogen-bond acceptors (Lipinski definition) is 5. The van der Waals surface area contributed by atoms with Gasteiger partial charge in [-0.25, -0.2) is 13.1 Å². The van der Waals surface area contributed by atoms with Crippen molar-refractivity contribution in [3.8, 4) is 6.07 Å². The third kappa shape index (κ3) is 6.18. The van der Waals surface area contributed by atoms with Crippen molar-refractivity contribution in [3.05, 3.63) is 28.8 Å². The van der Waals surface area contributed by atoms with Crippen LogP contribution < -0.4 is 10.0 Å². The molecular formula is C12H17Cl2N3O3S. The second kappa shape index (κ2) is 9.95. The largest absolute Gasteiger partial charge is 0.383 e. The number of benzene rings is 1. The van der Waals surface area contributed by atoms with Crippen LogP contribution in [0.3, 0.4) is 0 Å². The predicted octanol–water partition coefficient (Wildman–Crippen LogP) is 1.15. The van der Waals surface area contributed by atoms with Crippen LogP contribution >= 0.6 is 24.0 Å². The molecule has 0 spiro atoms. The molecule has 0 bridgehead atoms. The number of halogens is 2. The van der Waals surface area contributed by atoms with E-state index in [1.165, 1.54) is 18.2 Å². The van der Waals surface area contributed by atoms with E-state index >= 15 is 0 Å². The normalized spacial score (nSPS) is 10.7. The number of methoxy groups -OCH3 is 1. The summed E-state index contributed by atoms with van der Waals surface area (Å²) in [5, 5.41) is 12.1. The first-order chi connectivity index (χ1) is 9.53. The number of sulfonamides is 1. The lowest BCUT2D eigenvalue weighted by Gasteiger charge is -2.09. The van der Waals surface area contributed by atoms with E-state index in [0.29, 0.717) is 19.7 Å². The van der Waals surface area contributed by atoms with Crippen LogP contribution in [0.5, 0.6) is 0 Å². The number of nitrogens with one attached hydrogen (secondary N) is 2. The number of nitrogens with zero attached hydrogens (tertiary/aromatic N) is 1. The molecule has 1 aromatic carbocycles. The third-order valence-electron chi connectivity index (χ3n) is 2.45. The molecule has 6 nitrogen and oxygen atoms in total. The molecular weight excluding hydrogens is 337 g/mol. The van der Waals surface area contributed by atoms with Crippen LogP contribution in [0.1, 0.15) is 5.56 Å². The number of rotatable bonds is 8. The third-order valence-corrected chi connectivity index (χ3v) is 4.27. The molecule has 0 fully saturated rings. The van der Waals surface area contributed by atoms with E-state index in [0.717, 1.165) is 0 Å². The van der Waals surface area contributed by atoms with Gasteiger partial charge in [0.05, 0.1) is 17.2 Å². The van der Waals surface area contributed by atoms with Crippen molar-refractivity contribution in [2.24, 2.45) is 0 Å². The Morgan fingerprint density at radius 3 is 2.67 bits per heavy atom. The second-order valence-electron chi connectivity index (χ2n) is 3.87. The lowest BCUT2D eigenvalue weighted by molar-refractivity contribution is 0.199. The summed E-state index contributed by atoms with van der Waals surface area (Å²) in [6.45, 7) is 1.87. The Morgan fingerprint density at radius 1 is 1.33 bits per heavy atom. The maximum Gasteiger partial charge on any atom is 0.241 e. The van der Waals surface area contributed by atoms with Crippen molar-refractivity contribution in [2.45, 2.75) is 4.90 Å². The van der Waals surface area contributed by atoms with E-state index in [4.69, 9.17) is 21.6 Å². The summed E-state index contributed by atoms with van der Waals surface area (Å²) in [4.78, 5) is -0.107. The van der Waals surface area contributed by atoms with Crippen LogP contribution in [0.2, 0.25) is 5.02 Å². The summed E-state index contributed by atoms with van der Waals surface area (Å²) in [7, 11) is -2.16. The molecule has 0 saturated heterocycles. The molecule has 0 aliphatic carbocycles. The molecule has 0 aliphatic rings. The van der Waals surface area contributed by atoms with Crippen LogP contribution in [-0.4, -0.2) is 41.8 Å². The highest BCUT2D eigenvalue weighted by atomic mass is 35.5. The number of nitriles is 1. The van der Waals surface area contributed by atoms with Crippen LogP contribution in [0.25, 0.3) is 0 Å². The fourth-order valence-corrected chi connectivity index (χ4v) is 2.97. The second-order valence-corrected chi connectivity index (χ2v) is 6.01.